The molecule has 0 bridgehead atoms. The molecular formula is C22H23N5O7S. The molecule has 1 aromatic heterocycles. The highest BCUT2D eigenvalue weighted by molar-refractivity contribution is 7.22. The second-order valence-electron chi connectivity index (χ2n) is 7.85. The molecule has 1 saturated heterocycles. The maximum Gasteiger partial charge on any atom is 0.277 e. The van der Waals surface area contributed by atoms with E-state index in [4.69, 9.17) is 9.47 Å². The van der Waals surface area contributed by atoms with Gasteiger partial charge in [-0.05, 0) is 24.6 Å². The zero-order valence-corrected chi connectivity index (χ0v) is 19.7. The van der Waals surface area contributed by atoms with Gasteiger partial charge in [0.05, 0.1) is 52.0 Å². The number of methoxy groups -OCH3 is 1. The molecule has 0 aliphatic carbocycles. The lowest BCUT2D eigenvalue weighted by atomic mass is 10.1. The largest absolute Gasteiger partial charge is 0.497 e. The molecule has 2 aromatic carbocycles. The summed E-state index contributed by atoms with van der Waals surface area (Å²) in [4.78, 5) is 43.0. The molecule has 12 nitrogen and oxygen atoms in total. The number of nitrogens with zero attached hydrogens (tertiary/aromatic N) is 5. The predicted molar refractivity (Wildman–Crippen MR) is 129 cm³/mol. The van der Waals surface area contributed by atoms with Gasteiger partial charge in [0.15, 0.2) is 5.13 Å². The van der Waals surface area contributed by atoms with Crippen LogP contribution in [0.1, 0.15) is 16.8 Å². The van der Waals surface area contributed by atoms with Crippen molar-refractivity contribution in [2.24, 2.45) is 0 Å². The molecule has 0 atom stereocenters. The van der Waals surface area contributed by atoms with Crippen LogP contribution in [0.3, 0.4) is 0 Å². The Morgan fingerprint density at radius 1 is 1.14 bits per heavy atom. The van der Waals surface area contributed by atoms with Crippen LogP contribution >= 0.6 is 11.3 Å². The van der Waals surface area contributed by atoms with E-state index in [9.17, 15) is 25.0 Å². The summed E-state index contributed by atoms with van der Waals surface area (Å²) >= 11 is 1.28. The normalized spacial score (nSPS) is 14.1. The summed E-state index contributed by atoms with van der Waals surface area (Å²) in [5, 5.41) is 23.1. The van der Waals surface area contributed by atoms with Crippen molar-refractivity contribution < 1.29 is 24.1 Å². The average Bonchev–Trinajstić information content (AvgIpc) is 3.29. The Kier molecular flexibility index (Phi) is 7.48. The van der Waals surface area contributed by atoms with Crippen LogP contribution in [-0.2, 0) is 4.74 Å². The summed E-state index contributed by atoms with van der Waals surface area (Å²) in [6.45, 7) is 3.90. The molecule has 1 amide bonds. The molecule has 0 N–H and O–H groups in total. The lowest BCUT2D eigenvalue weighted by Gasteiger charge is -2.27. The molecule has 0 spiro atoms. The smallest absolute Gasteiger partial charge is 0.277 e. The van der Waals surface area contributed by atoms with Crippen LogP contribution in [0.2, 0.25) is 0 Å². The summed E-state index contributed by atoms with van der Waals surface area (Å²) in [5.41, 5.74) is -0.523. The van der Waals surface area contributed by atoms with E-state index in [2.05, 4.69) is 9.88 Å². The number of nitro benzene ring substituents is 2. The fourth-order valence-electron chi connectivity index (χ4n) is 3.78. The molecule has 184 valence electrons. The van der Waals surface area contributed by atoms with Gasteiger partial charge in [-0.25, -0.2) is 4.98 Å². The zero-order valence-electron chi connectivity index (χ0n) is 18.9. The van der Waals surface area contributed by atoms with Crippen LogP contribution in [0, 0.1) is 20.2 Å². The first kappa shape index (κ1) is 24.4. The number of thiazole rings is 1. The molecule has 3 aromatic rings. The lowest BCUT2D eigenvalue weighted by molar-refractivity contribution is -0.394. The van der Waals surface area contributed by atoms with Crippen molar-refractivity contribution in [1.29, 1.82) is 0 Å². The van der Waals surface area contributed by atoms with Gasteiger partial charge < -0.3 is 9.47 Å². The predicted octanol–water partition coefficient (Wildman–Crippen LogP) is 3.49. The Hall–Kier alpha value is -3.68. The van der Waals surface area contributed by atoms with Gasteiger partial charge in [-0.15, -0.1) is 0 Å². The molecule has 35 heavy (non-hydrogen) atoms. The van der Waals surface area contributed by atoms with E-state index in [1.54, 1.807) is 19.2 Å². The summed E-state index contributed by atoms with van der Waals surface area (Å²) in [6.07, 6.45) is 0.613. The Morgan fingerprint density at radius 2 is 1.83 bits per heavy atom. The number of carbonyl (C=O) groups excluding carboxylic acids is 1. The first-order valence-electron chi connectivity index (χ1n) is 10.9. The number of nitro groups is 2. The van der Waals surface area contributed by atoms with Crippen molar-refractivity contribution in [3.05, 3.63) is 62.2 Å². The van der Waals surface area contributed by atoms with E-state index in [1.165, 1.54) is 16.2 Å². The zero-order chi connectivity index (χ0) is 24.9. The standard InChI is InChI=1S/C22H23N5O7S/c1-33-18-3-4-19-20(14-18)35-22(23-19)25(6-2-5-24-7-9-34-10-8-24)21(28)15-11-16(26(29)30)13-17(12-15)27(31)32/h3-4,11-14H,2,5-10H2,1H3. The van der Waals surface area contributed by atoms with Gasteiger partial charge in [0, 0.05) is 38.3 Å². The number of hydrogen-bond acceptors (Lipinski definition) is 10. The highest BCUT2D eigenvalue weighted by atomic mass is 32.1. The quantitative estimate of drug-likeness (QED) is 0.318. The molecule has 0 saturated carbocycles. The first-order valence-corrected chi connectivity index (χ1v) is 11.7. The van der Waals surface area contributed by atoms with Gasteiger partial charge in [0.2, 0.25) is 0 Å². The summed E-state index contributed by atoms with van der Waals surface area (Å²) < 4.78 is 11.4. The molecule has 0 unspecified atom stereocenters. The van der Waals surface area contributed by atoms with Crippen LogP contribution in [0.5, 0.6) is 5.75 Å². The molecule has 0 radical (unpaired) electrons. The van der Waals surface area contributed by atoms with Gasteiger partial charge in [0.1, 0.15) is 5.75 Å². The third kappa shape index (κ3) is 5.70. The SMILES string of the molecule is COc1ccc2nc(N(CCCN3CCOCC3)C(=O)c3cc([N+](=O)[O-])cc([N+](=O)[O-])c3)sc2c1. The third-order valence-electron chi connectivity index (χ3n) is 5.59. The number of hydrogen-bond donors (Lipinski definition) is 0. The first-order chi connectivity index (χ1) is 16.9. The number of anilines is 1. The maximum atomic E-state index is 13.6. The number of carbonyl (C=O) groups is 1. The van der Waals surface area contributed by atoms with Crippen molar-refractivity contribution >= 4 is 44.0 Å². The van der Waals surface area contributed by atoms with Crippen LogP contribution in [0.4, 0.5) is 16.5 Å². The monoisotopic (exact) mass is 501 g/mol. The van der Waals surface area contributed by atoms with Crippen molar-refractivity contribution in [3.8, 4) is 5.75 Å². The fraction of sp³-hybridized carbons (Fsp3) is 0.364. The van der Waals surface area contributed by atoms with Gasteiger partial charge >= 0.3 is 0 Å². The van der Waals surface area contributed by atoms with E-state index in [1.807, 2.05) is 6.07 Å². The van der Waals surface area contributed by atoms with Crippen LogP contribution in [-0.4, -0.2) is 72.1 Å². The van der Waals surface area contributed by atoms with Crippen molar-refractivity contribution in [1.82, 2.24) is 9.88 Å². The van der Waals surface area contributed by atoms with Crippen LogP contribution in [0.25, 0.3) is 10.2 Å². The minimum atomic E-state index is -0.753. The van der Waals surface area contributed by atoms with E-state index in [-0.39, 0.29) is 12.1 Å². The molecule has 2 heterocycles. The maximum absolute atomic E-state index is 13.6. The van der Waals surface area contributed by atoms with Gasteiger partial charge in [-0.2, -0.15) is 0 Å². The number of ether oxygens (including phenoxy) is 2. The minimum Gasteiger partial charge on any atom is -0.497 e. The molecule has 1 aliphatic rings. The molecule has 1 fully saturated rings. The Labute approximate surface area is 204 Å². The number of non-ortho nitro benzene ring substituents is 2. The molecular weight excluding hydrogens is 478 g/mol. The second-order valence-corrected chi connectivity index (χ2v) is 8.86. The van der Waals surface area contributed by atoms with Crippen molar-refractivity contribution in [2.45, 2.75) is 6.42 Å². The third-order valence-corrected chi connectivity index (χ3v) is 6.63. The second kappa shape index (κ2) is 10.7. The van der Waals surface area contributed by atoms with Gasteiger partial charge in [0.25, 0.3) is 17.3 Å². The fourth-order valence-corrected chi connectivity index (χ4v) is 4.80. The lowest BCUT2D eigenvalue weighted by Crippen LogP contribution is -2.39. The molecule has 13 heteroatoms. The summed E-state index contributed by atoms with van der Waals surface area (Å²) in [7, 11) is 1.56. The Balaban J connectivity index is 1.67. The number of morpholine rings is 1. The topological polar surface area (TPSA) is 141 Å². The van der Waals surface area contributed by atoms with Gasteiger partial charge in [-0.1, -0.05) is 11.3 Å². The Morgan fingerprint density at radius 3 is 2.46 bits per heavy atom. The number of amides is 1. The van der Waals surface area contributed by atoms with Crippen LogP contribution < -0.4 is 9.64 Å². The summed E-state index contributed by atoms with van der Waals surface area (Å²) in [6, 6.07) is 8.30. The van der Waals surface area contributed by atoms with Crippen LogP contribution in [0.15, 0.2) is 36.4 Å². The van der Waals surface area contributed by atoms with E-state index >= 15 is 0 Å². The summed E-state index contributed by atoms with van der Waals surface area (Å²) in [5.74, 6) is 0.0528. The number of aromatic nitrogens is 1. The van der Waals surface area contributed by atoms with Crippen molar-refractivity contribution in [2.75, 3.05) is 51.4 Å². The minimum absolute atomic E-state index is 0.144. The number of fused-ring (bicyclic) bond motifs is 1. The highest BCUT2D eigenvalue weighted by Gasteiger charge is 2.26. The number of benzene rings is 2. The molecule has 4 rings (SSSR count). The van der Waals surface area contributed by atoms with E-state index < -0.39 is 27.1 Å². The van der Waals surface area contributed by atoms with E-state index in [0.717, 1.165) is 42.5 Å². The average molecular weight is 502 g/mol. The van der Waals surface area contributed by atoms with Crippen molar-refractivity contribution in [3.63, 3.8) is 0 Å². The Bertz CT molecular complexity index is 1230. The molecule has 1 aliphatic heterocycles. The van der Waals surface area contributed by atoms with Gasteiger partial charge in [-0.3, -0.25) is 34.8 Å². The highest BCUT2D eigenvalue weighted by Crippen LogP contribution is 2.33. The van der Waals surface area contributed by atoms with E-state index in [0.29, 0.717) is 36.0 Å². The number of rotatable bonds is 9.